The number of hydrogen-bond donors (Lipinski definition) is 1. The SMILES string of the molecule is C=CCn1cc(CN[C@H](COC)c2ccnn2C)c(C)n1. The highest BCUT2D eigenvalue weighted by molar-refractivity contribution is 5.16. The highest BCUT2D eigenvalue weighted by Crippen LogP contribution is 2.14. The van der Waals surface area contributed by atoms with Crippen molar-refractivity contribution < 1.29 is 4.74 Å². The summed E-state index contributed by atoms with van der Waals surface area (Å²) in [5, 5.41) is 12.2. The predicted molar refractivity (Wildman–Crippen MR) is 81.8 cm³/mol. The summed E-state index contributed by atoms with van der Waals surface area (Å²) in [4.78, 5) is 0. The molecule has 114 valence electrons. The van der Waals surface area contributed by atoms with Gasteiger partial charge in [0.2, 0.25) is 0 Å². The van der Waals surface area contributed by atoms with E-state index in [0.29, 0.717) is 6.61 Å². The van der Waals surface area contributed by atoms with Crippen LogP contribution in [0.1, 0.15) is 23.0 Å². The molecular weight excluding hydrogens is 266 g/mol. The molecule has 2 aromatic rings. The average molecular weight is 289 g/mol. The quantitative estimate of drug-likeness (QED) is 0.750. The van der Waals surface area contributed by atoms with E-state index >= 15 is 0 Å². The van der Waals surface area contributed by atoms with E-state index in [4.69, 9.17) is 4.74 Å². The minimum absolute atomic E-state index is 0.102. The molecule has 6 heteroatoms. The van der Waals surface area contributed by atoms with Crippen LogP contribution in [0.2, 0.25) is 0 Å². The van der Waals surface area contributed by atoms with Crippen LogP contribution in [-0.4, -0.2) is 33.3 Å². The van der Waals surface area contributed by atoms with E-state index < -0.39 is 0 Å². The smallest absolute Gasteiger partial charge is 0.0731 e. The molecule has 0 aliphatic heterocycles. The number of methoxy groups -OCH3 is 1. The lowest BCUT2D eigenvalue weighted by Crippen LogP contribution is -2.27. The summed E-state index contributed by atoms with van der Waals surface area (Å²) in [6.07, 6.45) is 5.69. The Hall–Kier alpha value is -1.92. The van der Waals surface area contributed by atoms with Gasteiger partial charge in [-0.25, -0.2) is 0 Å². The summed E-state index contributed by atoms with van der Waals surface area (Å²) in [6.45, 7) is 7.82. The zero-order valence-corrected chi connectivity index (χ0v) is 12.9. The normalized spacial score (nSPS) is 12.5. The number of nitrogens with one attached hydrogen (secondary N) is 1. The maximum absolute atomic E-state index is 5.31. The van der Waals surface area contributed by atoms with E-state index in [0.717, 1.165) is 24.5 Å². The zero-order chi connectivity index (χ0) is 15.2. The maximum atomic E-state index is 5.31. The lowest BCUT2D eigenvalue weighted by atomic mass is 10.2. The molecule has 0 spiro atoms. The summed E-state index contributed by atoms with van der Waals surface area (Å²) < 4.78 is 9.07. The van der Waals surface area contributed by atoms with Gasteiger partial charge in [-0.3, -0.25) is 9.36 Å². The van der Waals surface area contributed by atoms with Gasteiger partial charge >= 0.3 is 0 Å². The van der Waals surface area contributed by atoms with E-state index in [2.05, 4.69) is 28.3 Å². The molecule has 0 amide bonds. The zero-order valence-electron chi connectivity index (χ0n) is 12.9. The second kappa shape index (κ2) is 7.19. The molecule has 0 fully saturated rings. The molecular formula is C15H23N5O. The van der Waals surface area contributed by atoms with Crippen LogP contribution >= 0.6 is 0 Å². The molecule has 0 aliphatic rings. The van der Waals surface area contributed by atoms with Crippen LogP contribution in [-0.2, 0) is 24.9 Å². The fraction of sp³-hybridized carbons (Fsp3) is 0.467. The molecule has 0 saturated heterocycles. The van der Waals surface area contributed by atoms with Gasteiger partial charge in [-0.1, -0.05) is 6.08 Å². The highest BCUT2D eigenvalue weighted by Gasteiger charge is 2.15. The molecule has 2 rings (SSSR count). The Kier molecular flexibility index (Phi) is 5.30. The number of aryl methyl sites for hydroxylation is 2. The molecule has 2 aromatic heterocycles. The van der Waals surface area contributed by atoms with E-state index in [1.54, 1.807) is 13.3 Å². The standard InChI is InChI=1S/C15H23N5O/c1-5-8-20-10-13(12(2)18-20)9-16-14(11-21-4)15-6-7-17-19(15)3/h5-7,10,14,16H,1,8-9,11H2,2-4H3/t14-/m1/s1. The summed E-state index contributed by atoms with van der Waals surface area (Å²) in [6, 6.07) is 2.11. The number of aromatic nitrogens is 4. The third-order valence-corrected chi connectivity index (χ3v) is 3.45. The molecule has 2 heterocycles. The number of nitrogens with zero attached hydrogens (tertiary/aromatic N) is 4. The molecule has 21 heavy (non-hydrogen) atoms. The minimum Gasteiger partial charge on any atom is -0.383 e. The van der Waals surface area contributed by atoms with Crippen LogP contribution in [0, 0.1) is 6.92 Å². The molecule has 0 unspecified atom stereocenters. The van der Waals surface area contributed by atoms with Crippen molar-refractivity contribution in [2.24, 2.45) is 7.05 Å². The summed E-state index contributed by atoms with van der Waals surface area (Å²) >= 11 is 0. The van der Waals surface area contributed by atoms with Crippen molar-refractivity contribution in [3.05, 3.63) is 48.1 Å². The molecule has 1 atom stereocenters. The first-order chi connectivity index (χ1) is 10.2. The van der Waals surface area contributed by atoms with Crippen molar-refractivity contribution in [1.82, 2.24) is 24.9 Å². The van der Waals surface area contributed by atoms with Crippen molar-refractivity contribution >= 4 is 0 Å². The Bertz CT molecular complexity index is 587. The van der Waals surface area contributed by atoms with E-state index in [1.807, 2.05) is 35.5 Å². The highest BCUT2D eigenvalue weighted by atomic mass is 16.5. The first-order valence-corrected chi connectivity index (χ1v) is 6.99. The number of allylic oxidation sites excluding steroid dienone is 1. The Labute approximate surface area is 125 Å². The number of ether oxygens (including phenoxy) is 1. The Morgan fingerprint density at radius 3 is 2.95 bits per heavy atom. The van der Waals surface area contributed by atoms with Crippen molar-refractivity contribution in [2.45, 2.75) is 26.1 Å². The lowest BCUT2D eigenvalue weighted by molar-refractivity contribution is 0.163. The van der Waals surface area contributed by atoms with Crippen LogP contribution in [0.3, 0.4) is 0 Å². The number of rotatable bonds is 8. The Morgan fingerprint density at radius 2 is 2.33 bits per heavy atom. The van der Waals surface area contributed by atoms with Crippen molar-refractivity contribution in [1.29, 1.82) is 0 Å². The van der Waals surface area contributed by atoms with Crippen LogP contribution < -0.4 is 5.32 Å². The van der Waals surface area contributed by atoms with E-state index in [9.17, 15) is 0 Å². The van der Waals surface area contributed by atoms with E-state index in [-0.39, 0.29) is 6.04 Å². The van der Waals surface area contributed by atoms with Crippen molar-refractivity contribution in [3.63, 3.8) is 0 Å². The first-order valence-electron chi connectivity index (χ1n) is 6.99. The molecule has 0 aliphatic carbocycles. The number of hydrogen-bond acceptors (Lipinski definition) is 4. The lowest BCUT2D eigenvalue weighted by Gasteiger charge is -2.18. The molecule has 0 saturated carbocycles. The van der Waals surface area contributed by atoms with Gasteiger partial charge in [0, 0.05) is 38.7 Å². The van der Waals surface area contributed by atoms with Gasteiger partial charge in [-0.2, -0.15) is 10.2 Å². The van der Waals surface area contributed by atoms with Crippen LogP contribution in [0.15, 0.2) is 31.1 Å². The second-order valence-electron chi connectivity index (χ2n) is 5.02. The third kappa shape index (κ3) is 3.80. The molecule has 6 nitrogen and oxygen atoms in total. The van der Waals surface area contributed by atoms with Crippen LogP contribution in [0.4, 0.5) is 0 Å². The van der Waals surface area contributed by atoms with Gasteiger partial charge in [0.25, 0.3) is 0 Å². The van der Waals surface area contributed by atoms with Crippen LogP contribution in [0.5, 0.6) is 0 Å². The van der Waals surface area contributed by atoms with Crippen molar-refractivity contribution in [2.75, 3.05) is 13.7 Å². The van der Waals surface area contributed by atoms with E-state index in [1.165, 1.54) is 5.56 Å². The van der Waals surface area contributed by atoms with Gasteiger partial charge < -0.3 is 10.1 Å². The molecule has 0 radical (unpaired) electrons. The summed E-state index contributed by atoms with van der Waals surface area (Å²) in [7, 11) is 3.64. The largest absolute Gasteiger partial charge is 0.383 e. The third-order valence-electron chi connectivity index (χ3n) is 3.45. The first kappa shape index (κ1) is 15.5. The van der Waals surface area contributed by atoms with Gasteiger partial charge in [0.05, 0.1) is 30.6 Å². The maximum Gasteiger partial charge on any atom is 0.0731 e. The fourth-order valence-electron chi connectivity index (χ4n) is 2.33. The van der Waals surface area contributed by atoms with Gasteiger partial charge in [0.1, 0.15) is 0 Å². The second-order valence-corrected chi connectivity index (χ2v) is 5.02. The fourth-order valence-corrected chi connectivity index (χ4v) is 2.33. The molecule has 1 N–H and O–H groups in total. The topological polar surface area (TPSA) is 56.9 Å². The van der Waals surface area contributed by atoms with Gasteiger partial charge in [-0.15, -0.1) is 6.58 Å². The summed E-state index contributed by atoms with van der Waals surface area (Å²) in [5.41, 5.74) is 3.32. The van der Waals surface area contributed by atoms with Gasteiger partial charge in [-0.05, 0) is 13.0 Å². The Balaban J connectivity index is 2.05. The molecule has 0 bridgehead atoms. The average Bonchev–Trinajstić information content (AvgIpc) is 3.02. The summed E-state index contributed by atoms with van der Waals surface area (Å²) in [5.74, 6) is 0. The van der Waals surface area contributed by atoms with Crippen molar-refractivity contribution in [3.8, 4) is 0 Å². The Morgan fingerprint density at radius 1 is 1.52 bits per heavy atom. The van der Waals surface area contributed by atoms with Crippen LogP contribution in [0.25, 0.3) is 0 Å². The molecule has 0 aromatic carbocycles. The predicted octanol–water partition coefficient (Wildman–Crippen LogP) is 1.59. The monoisotopic (exact) mass is 289 g/mol. The minimum atomic E-state index is 0.102. The van der Waals surface area contributed by atoms with Gasteiger partial charge in [0.15, 0.2) is 0 Å².